The van der Waals surface area contributed by atoms with Gasteiger partial charge in [-0.2, -0.15) is 0 Å². The first-order valence-corrected chi connectivity index (χ1v) is 7.21. The van der Waals surface area contributed by atoms with E-state index in [-0.39, 0.29) is 5.97 Å². The van der Waals surface area contributed by atoms with E-state index in [1.54, 1.807) is 10.6 Å². The van der Waals surface area contributed by atoms with Crippen LogP contribution in [0.5, 0.6) is 0 Å². The molecule has 0 aliphatic carbocycles. The first-order valence-electron chi connectivity index (χ1n) is 6.42. The van der Waals surface area contributed by atoms with Crippen molar-refractivity contribution < 1.29 is 9.53 Å². The molecule has 0 saturated heterocycles. The van der Waals surface area contributed by atoms with Crippen molar-refractivity contribution in [3.63, 3.8) is 0 Å². The molecule has 0 aliphatic heterocycles. The average molecular weight is 313 g/mol. The molecule has 1 heterocycles. The van der Waals surface area contributed by atoms with Crippen LogP contribution in [0.1, 0.15) is 26.3 Å². The molecule has 0 aliphatic rings. The van der Waals surface area contributed by atoms with Gasteiger partial charge in [-0.25, -0.2) is 4.79 Å². The Hall–Kier alpha value is -1.33. The second-order valence-corrected chi connectivity index (χ2v) is 5.90. The number of esters is 1. The minimum Gasteiger partial charge on any atom is -0.467 e. The highest BCUT2D eigenvalue weighted by atomic mass is 35.5. The second-order valence-electron chi connectivity index (χ2n) is 5.10. The number of aromatic nitrogens is 2. The van der Waals surface area contributed by atoms with Crippen molar-refractivity contribution in [1.82, 2.24) is 9.55 Å². The Bertz CT molecular complexity index is 690. The second kappa shape index (κ2) is 5.97. The van der Waals surface area contributed by atoms with Crippen LogP contribution in [0.4, 0.5) is 0 Å². The predicted molar refractivity (Wildman–Crippen MR) is 82.6 cm³/mol. The van der Waals surface area contributed by atoms with Gasteiger partial charge >= 0.3 is 5.97 Å². The number of carbonyl (C=O) groups is 1. The number of nitrogens with one attached hydrogen (secondary N) is 1. The summed E-state index contributed by atoms with van der Waals surface area (Å²) in [6.07, 6.45) is 0.653. The number of nitrogens with zero attached hydrogens (tertiary/aromatic N) is 1. The Morgan fingerprint density at radius 1 is 1.50 bits per heavy atom. The van der Waals surface area contributed by atoms with Crippen molar-refractivity contribution in [3.8, 4) is 0 Å². The van der Waals surface area contributed by atoms with Crippen LogP contribution in [-0.2, 0) is 9.53 Å². The molecule has 2 rings (SSSR count). The molecule has 0 saturated carbocycles. The lowest BCUT2D eigenvalue weighted by molar-refractivity contribution is -0.145. The van der Waals surface area contributed by atoms with Crippen molar-refractivity contribution in [2.24, 2.45) is 5.92 Å². The monoisotopic (exact) mass is 312 g/mol. The number of H-pyrrole nitrogens is 1. The third kappa shape index (κ3) is 2.74. The highest BCUT2D eigenvalue weighted by Gasteiger charge is 2.25. The van der Waals surface area contributed by atoms with E-state index in [0.29, 0.717) is 22.1 Å². The lowest BCUT2D eigenvalue weighted by Crippen LogP contribution is -2.22. The van der Waals surface area contributed by atoms with E-state index in [1.807, 2.05) is 12.1 Å². The van der Waals surface area contributed by atoms with Gasteiger partial charge in [-0.3, -0.25) is 0 Å². The number of rotatable bonds is 4. The lowest BCUT2D eigenvalue weighted by atomic mass is 10.0. The highest BCUT2D eigenvalue weighted by molar-refractivity contribution is 7.71. The van der Waals surface area contributed by atoms with Gasteiger partial charge in [0.2, 0.25) is 0 Å². The third-order valence-corrected chi connectivity index (χ3v) is 3.80. The quantitative estimate of drug-likeness (QED) is 0.682. The van der Waals surface area contributed by atoms with Crippen LogP contribution in [0, 0.1) is 10.7 Å². The Morgan fingerprint density at radius 2 is 2.20 bits per heavy atom. The van der Waals surface area contributed by atoms with Gasteiger partial charge in [-0.15, -0.1) is 0 Å². The van der Waals surface area contributed by atoms with Gasteiger partial charge in [0.05, 0.1) is 23.2 Å². The molecule has 1 N–H and O–H groups in total. The number of benzene rings is 1. The molecule has 0 fully saturated rings. The van der Waals surface area contributed by atoms with Crippen LogP contribution in [0.25, 0.3) is 11.0 Å². The van der Waals surface area contributed by atoms with Crippen LogP contribution >= 0.6 is 23.8 Å². The maximum Gasteiger partial charge on any atom is 0.328 e. The zero-order valence-corrected chi connectivity index (χ0v) is 13.2. The summed E-state index contributed by atoms with van der Waals surface area (Å²) in [5.74, 6) is 0.0424. The van der Waals surface area contributed by atoms with Crippen LogP contribution in [-0.4, -0.2) is 22.6 Å². The first kappa shape index (κ1) is 15.1. The summed E-state index contributed by atoms with van der Waals surface area (Å²) in [4.78, 5) is 15.2. The highest BCUT2D eigenvalue weighted by Crippen LogP contribution is 2.28. The molecule has 1 unspecified atom stereocenters. The van der Waals surface area contributed by atoms with Gasteiger partial charge in [0.1, 0.15) is 6.04 Å². The van der Waals surface area contributed by atoms with Crippen molar-refractivity contribution in [3.05, 3.63) is 28.0 Å². The fourth-order valence-electron chi connectivity index (χ4n) is 2.31. The molecular formula is C14H17ClN2O2S. The van der Waals surface area contributed by atoms with Gasteiger partial charge in [0, 0.05) is 0 Å². The number of ether oxygens (including phenoxy) is 1. The van der Waals surface area contributed by atoms with Crippen LogP contribution < -0.4 is 0 Å². The molecule has 0 spiro atoms. The Kier molecular flexibility index (Phi) is 4.50. The molecule has 6 heteroatoms. The summed E-state index contributed by atoms with van der Waals surface area (Å²) in [5, 5.41) is 0.584. The van der Waals surface area contributed by atoms with Gasteiger partial charge in [0.15, 0.2) is 4.77 Å². The normalized spacial score (nSPS) is 12.8. The van der Waals surface area contributed by atoms with Crippen LogP contribution in [0.2, 0.25) is 5.02 Å². The summed E-state index contributed by atoms with van der Waals surface area (Å²) < 4.78 is 7.19. The molecule has 1 aromatic heterocycles. The Morgan fingerprint density at radius 3 is 2.80 bits per heavy atom. The summed E-state index contributed by atoms with van der Waals surface area (Å²) in [6.45, 7) is 4.11. The predicted octanol–water partition coefficient (Wildman–Crippen LogP) is 4.11. The minimum absolute atomic E-state index is 0.296. The molecule has 0 bridgehead atoms. The van der Waals surface area contributed by atoms with Gasteiger partial charge in [0.25, 0.3) is 0 Å². The maximum atomic E-state index is 12.1. The zero-order chi connectivity index (χ0) is 14.9. The SMILES string of the molecule is COC(=O)C(CC(C)C)n1c(=S)[nH]c2c(Cl)cccc21. The average Bonchev–Trinajstić information content (AvgIpc) is 2.73. The van der Waals surface area contributed by atoms with Gasteiger partial charge < -0.3 is 14.3 Å². The summed E-state index contributed by atoms with van der Waals surface area (Å²) in [7, 11) is 1.39. The number of carbonyl (C=O) groups excluding carboxylic acids is 1. The molecule has 0 amide bonds. The molecule has 20 heavy (non-hydrogen) atoms. The van der Waals surface area contributed by atoms with E-state index in [0.717, 1.165) is 11.0 Å². The van der Waals surface area contributed by atoms with Crippen molar-refractivity contribution in [1.29, 1.82) is 0 Å². The summed E-state index contributed by atoms with van der Waals surface area (Å²) >= 11 is 11.5. The van der Waals surface area contributed by atoms with E-state index < -0.39 is 6.04 Å². The number of fused-ring (bicyclic) bond motifs is 1. The molecular weight excluding hydrogens is 296 g/mol. The van der Waals surface area contributed by atoms with E-state index >= 15 is 0 Å². The standard InChI is InChI=1S/C14H17ClN2O2S/c1-8(2)7-11(13(18)19-3)17-10-6-4-5-9(15)12(10)16-14(17)20/h4-6,8,11H,7H2,1-3H3,(H,16,20). The molecule has 4 nitrogen and oxygen atoms in total. The summed E-state index contributed by atoms with van der Waals surface area (Å²) in [6, 6.07) is 5.08. The maximum absolute atomic E-state index is 12.1. The zero-order valence-electron chi connectivity index (χ0n) is 11.6. The smallest absolute Gasteiger partial charge is 0.328 e. The van der Waals surface area contributed by atoms with Crippen LogP contribution in [0.3, 0.4) is 0 Å². The van der Waals surface area contributed by atoms with E-state index in [2.05, 4.69) is 18.8 Å². The molecule has 1 aromatic carbocycles. The number of hydrogen-bond acceptors (Lipinski definition) is 3. The topological polar surface area (TPSA) is 47.0 Å². The number of halogens is 1. The number of para-hydroxylation sites is 1. The minimum atomic E-state index is -0.445. The van der Waals surface area contributed by atoms with E-state index in [4.69, 9.17) is 28.6 Å². The van der Waals surface area contributed by atoms with Crippen molar-refractivity contribution in [2.75, 3.05) is 7.11 Å². The summed E-state index contributed by atoms with van der Waals surface area (Å²) in [5.41, 5.74) is 1.57. The Labute approximate surface area is 127 Å². The number of aromatic amines is 1. The van der Waals surface area contributed by atoms with Crippen molar-refractivity contribution in [2.45, 2.75) is 26.3 Å². The van der Waals surface area contributed by atoms with E-state index in [1.165, 1.54) is 7.11 Å². The van der Waals surface area contributed by atoms with Gasteiger partial charge in [-0.05, 0) is 36.7 Å². The number of hydrogen-bond donors (Lipinski definition) is 1. The molecule has 2 aromatic rings. The lowest BCUT2D eigenvalue weighted by Gasteiger charge is -2.19. The van der Waals surface area contributed by atoms with Gasteiger partial charge in [-0.1, -0.05) is 31.5 Å². The fraction of sp³-hybridized carbons (Fsp3) is 0.429. The van der Waals surface area contributed by atoms with Crippen molar-refractivity contribution >= 4 is 40.8 Å². The van der Waals surface area contributed by atoms with Crippen LogP contribution in [0.15, 0.2) is 18.2 Å². The fourth-order valence-corrected chi connectivity index (χ4v) is 2.86. The third-order valence-electron chi connectivity index (χ3n) is 3.18. The largest absolute Gasteiger partial charge is 0.467 e. The number of imidazole rings is 1. The number of methoxy groups -OCH3 is 1. The first-order chi connectivity index (χ1) is 9.45. The Balaban J connectivity index is 2.64. The molecule has 1 atom stereocenters. The van der Waals surface area contributed by atoms with E-state index in [9.17, 15) is 4.79 Å². The molecule has 0 radical (unpaired) electrons. The molecule has 108 valence electrons.